The lowest BCUT2D eigenvalue weighted by molar-refractivity contribution is 0.409. The fraction of sp³-hybridized carbons (Fsp3) is 0.125. The third kappa shape index (κ3) is 2.83. The highest BCUT2D eigenvalue weighted by atomic mass is 79.9. The fourth-order valence-electron chi connectivity index (χ4n) is 1.15. The van der Waals surface area contributed by atoms with E-state index in [1.54, 1.807) is 0 Å². The monoisotopic (exact) mass is 333 g/mol. The third-order valence-corrected chi connectivity index (χ3v) is 3.83. The molecular weight excluding hydrogens is 326 g/mol. The number of nitrogen functional groups attached to an aromatic ring is 1. The summed E-state index contributed by atoms with van der Waals surface area (Å²) >= 11 is 3.13. The zero-order valence-corrected chi connectivity index (χ0v) is 11.3. The number of anilines is 1. The molecule has 2 rings (SSSR count). The first kappa shape index (κ1) is 12.9. The van der Waals surface area contributed by atoms with Crippen LogP contribution in [0.3, 0.4) is 0 Å². The molecule has 0 saturated carbocycles. The molecule has 0 atom stereocenters. The second-order valence-corrected chi connectivity index (χ2v) is 5.86. The van der Waals surface area contributed by atoms with Crippen LogP contribution in [0, 0.1) is 0 Å². The summed E-state index contributed by atoms with van der Waals surface area (Å²) in [6, 6.07) is 1.36. The van der Waals surface area contributed by atoms with Gasteiger partial charge in [-0.2, -0.15) is 4.98 Å². The SMILES string of the molecule is Nc1ncc(Br)cc1S(=O)(=O)NCc1ncon1. The van der Waals surface area contributed by atoms with Gasteiger partial charge in [0.25, 0.3) is 0 Å². The van der Waals surface area contributed by atoms with Crippen molar-refractivity contribution in [2.45, 2.75) is 11.4 Å². The molecule has 0 radical (unpaired) electrons. The number of hydrogen-bond donors (Lipinski definition) is 2. The summed E-state index contributed by atoms with van der Waals surface area (Å²) in [5.74, 6) is 0.138. The number of nitrogens with zero attached hydrogens (tertiary/aromatic N) is 3. The molecule has 2 aromatic heterocycles. The molecule has 0 aliphatic carbocycles. The average molecular weight is 334 g/mol. The zero-order valence-electron chi connectivity index (χ0n) is 8.87. The first-order valence-electron chi connectivity index (χ1n) is 4.65. The summed E-state index contributed by atoms with van der Waals surface area (Å²) in [6.07, 6.45) is 2.52. The Balaban J connectivity index is 2.22. The molecule has 0 aliphatic rings. The van der Waals surface area contributed by atoms with Gasteiger partial charge in [-0.1, -0.05) is 5.16 Å². The first-order chi connectivity index (χ1) is 8.49. The lowest BCUT2D eigenvalue weighted by Gasteiger charge is -2.07. The van der Waals surface area contributed by atoms with Crippen LogP contribution in [0.25, 0.3) is 0 Å². The predicted octanol–water partition coefficient (Wildman–Crippen LogP) is 0.288. The fourth-order valence-corrected chi connectivity index (χ4v) is 2.72. The summed E-state index contributed by atoms with van der Waals surface area (Å²) in [5.41, 5.74) is 5.52. The van der Waals surface area contributed by atoms with Crippen molar-refractivity contribution in [2.24, 2.45) is 0 Å². The van der Waals surface area contributed by atoms with E-state index in [1.165, 1.54) is 12.3 Å². The van der Waals surface area contributed by atoms with Crippen LogP contribution in [-0.4, -0.2) is 23.5 Å². The van der Waals surface area contributed by atoms with Crippen molar-refractivity contribution >= 4 is 31.8 Å². The highest BCUT2D eigenvalue weighted by Gasteiger charge is 2.19. The van der Waals surface area contributed by atoms with Crippen LogP contribution in [0.1, 0.15) is 5.82 Å². The quantitative estimate of drug-likeness (QED) is 0.823. The van der Waals surface area contributed by atoms with Gasteiger partial charge in [-0.15, -0.1) is 0 Å². The molecule has 18 heavy (non-hydrogen) atoms. The van der Waals surface area contributed by atoms with Gasteiger partial charge in [-0.05, 0) is 22.0 Å². The smallest absolute Gasteiger partial charge is 0.244 e. The minimum absolute atomic E-state index is 0.0844. The number of hydrogen-bond acceptors (Lipinski definition) is 7. The Morgan fingerprint density at radius 1 is 1.44 bits per heavy atom. The summed E-state index contributed by atoms with van der Waals surface area (Å²) in [5, 5.41) is 3.48. The van der Waals surface area contributed by atoms with Crippen LogP contribution in [0.2, 0.25) is 0 Å². The summed E-state index contributed by atoms with van der Waals surface area (Å²) in [4.78, 5) is 7.33. The molecule has 0 unspecified atom stereocenters. The zero-order chi connectivity index (χ0) is 13.2. The average Bonchev–Trinajstić information content (AvgIpc) is 2.83. The van der Waals surface area contributed by atoms with Crippen LogP contribution in [0.5, 0.6) is 0 Å². The van der Waals surface area contributed by atoms with E-state index < -0.39 is 10.0 Å². The van der Waals surface area contributed by atoms with Gasteiger partial charge in [-0.25, -0.2) is 18.1 Å². The number of sulfonamides is 1. The van der Waals surface area contributed by atoms with E-state index in [4.69, 9.17) is 5.73 Å². The van der Waals surface area contributed by atoms with Crippen LogP contribution >= 0.6 is 15.9 Å². The van der Waals surface area contributed by atoms with Crippen LogP contribution < -0.4 is 10.5 Å². The minimum atomic E-state index is -3.78. The lowest BCUT2D eigenvalue weighted by atomic mass is 10.5. The molecule has 0 saturated heterocycles. The Bertz CT molecular complexity index is 643. The van der Waals surface area contributed by atoms with E-state index in [1.807, 2.05) is 0 Å². The first-order valence-corrected chi connectivity index (χ1v) is 6.92. The highest BCUT2D eigenvalue weighted by molar-refractivity contribution is 9.10. The number of nitrogens with one attached hydrogen (secondary N) is 1. The molecule has 0 aliphatic heterocycles. The van der Waals surface area contributed by atoms with E-state index in [0.29, 0.717) is 4.47 Å². The predicted molar refractivity (Wildman–Crippen MR) is 64.7 cm³/mol. The summed E-state index contributed by atoms with van der Waals surface area (Å²) in [7, 11) is -3.78. The van der Waals surface area contributed by atoms with Gasteiger partial charge in [0.05, 0.1) is 6.54 Å². The molecule has 0 fully saturated rings. The second-order valence-electron chi connectivity index (χ2n) is 3.21. The van der Waals surface area contributed by atoms with Crippen LogP contribution in [0.15, 0.2) is 32.5 Å². The molecule has 0 spiro atoms. The van der Waals surface area contributed by atoms with Gasteiger partial charge in [0.1, 0.15) is 10.7 Å². The Kier molecular flexibility index (Phi) is 3.59. The number of nitrogens with two attached hydrogens (primary N) is 1. The van der Waals surface area contributed by atoms with Crippen molar-refractivity contribution in [3.05, 3.63) is 29.0 Å². The Morgan fingerprint density at radius 2 is 2.22 bits per heavy atom. The molecule has 3 N–H and O–H groups in total. The Labute approximate surface area is 111 Å². The van der Waals surface area contributed by atoms with Gasteiger partial charge in [0.2, 0.25) is 16.4 Å². The molecule has 96 valence electrons. The van der Waals surface area contributed by atoms with E-state index in [-0.39, 0.29) is 23.1 Å². The van der Waals surface area contributed by atoms with Crippen molar-refractivity contribution in [2.75, 3.05) is 5.73 Å². The molecule has 2 aromatic rings. The van der Waals surface area contributed by atoms with E-state index in [0.717, 1.165) is 6.39 Å². The molecule has 10 heteroatoms. The van der Waals surface area contributed by atoms with Crippen molar-refractivity contribution in [3.8, 4) is 0 Å². The van der Waals surface area contributed by atoms with Crippen LogP contribution in [0.4, 0.5) is 5.82 Å². The third-order valence-electron chi connectivity index (χ3n) is 1.97. The maximum atomic E-state index is 12.0. The summed E-state index contributed by atoms with van der Waals surface area (Å²) < 4.78 is 31.2. The molecule has 0 amide bonds. The van der Waals surface area contributed by atoms with Crippen LogP contribution in [-0.2, 0) is 16.6 Å². The molecule has 0 bridgehead atoms. The normalized spacial score (nSPS) is 11.6. The van der Waals surface area contributed by atoms with Crippen molar-refractivity contribution in [1.82, 2.24) is 19.8 Å². The maximum absolute atomic E-state index is 12.0. The highest BCUT2D eigenvalue weighted by Crippen LogP contribution is 2.20. The van der Waals surface area contributed by atoms with Crippen molar-refractivity contribution in [3.63, 3.8) is 0 Å². The Morgan fingerprint density at radius 3 is 2.89 bits per heavy atom. The lowest BCUT2D eigenvalue weighted by Crippen LogP contribution is -2.25. The number of pyridine rings is 1. The molecular formula is C8H8BrN5O3S. The molecule has 2 heterocycles. The van der Waals surface area contributed by atoms with Gasteiger partial charge < -0.3 is 10.3 Å². The van der Waals surface area contributed by atoms with Crippen molar-refractivity contribution < 1.29 is 12.9 Å². The standard InChI is InChI=1S/C8H8BrN5O3S/c9-5-1-6(8(10)11-2-5)18(15,16)13-3-7-12-4-17-14-7/h1-2,4,13H,3H2,(H2,10,11). The van der Waals surface area contributed by atoms with Gasteiger partial charge in [-0.3, -0.25) is 0 Å². The maximum Gasteiger partial charge on any atom is 0.244 e. The van der Waals surface area contributed by atoms with Gasteiger partial charge in [0.15, 0.2) is 5.82 Å². The van der Waals surface area contributed by atoms with E-state index >= 15 is 0 Å². The largest absolute Gasteiger partial charge is 0.383 e. The molecule has 8 nitrogen and oxygen atoms in total. The van der Waals surface area contributed by atoms with Gasteiger partial charge >= 0.3 is 0 Å². The number of rotatable bonds is 4. The Hall–Kier alpha value is -1.52. The second kappa shape index (κ2) is 5.00. The molecule has 0 aromatic carbocycles. The number of halogens is 1. The van der Waals surface area contributed by atoms with E-state index in [2.05, 4.69) is 40.3 Å². The number of aromatic nitrogens is 3. The van der Waals surface area contributed by atoms with Gasteiger partial charge in [0, 0.05) is 10.7 Å². The van der Waals surface area contributed by atoms with Crippen molar-refractivity contribution in [1.29, 1.82) is 0 Å². The minimum Gasteiger partial charge on any atom is -0.383 e. The summed E-state index contributed by atoms with van der Waals surface area (Å²) in [6.45, 7) is -0.0925. The topological polar surface area (TPSA) is 124 Å². The van der Waals surface area contributed by atoms with E-state index in [9.17, 15) is 8.42 Å².